The second-order valence-corrected chi connectivity index (χ2v) is 10.5. The van der Waals surface area contributed by atoms with Gasteiger partial charge in [-0.05, 0) is 47.5 Å². The number of halogens is 2. The monoisotopic (exact) mass is 564 g/mol. The summed E-state index contributed by atoms with van der Waals surface area (Å²) in [7, 11) is 0. The molecule has 0 saturated carbocycles. The van der Waals surface area contributed by atoms with E-state index in [-0.39, 0.29) is 5.91 Å². The highest BCUT2D eigenvalue weighted by molar-refractivity contribution is 7.98. The van der Waals surface area contributed by atoms with E-state index in [1.165, 1.54) is 11.8 Å². The van der Waals surface area contributed by atoms with Gasteiger partial charge in [-0.25, -0.2) is 9.97 Å². The van der Waals surface area contributed by atoms with Crippen LogP contribution >= 0.6 is 35.0 Å². The summed E-state index contributed by atoms with van der Waals surface area (Å²) in [4.78, 5) is 30.2. The molecule has 194 valence electrons. The molecule has 0 unspecified atom stereocenters. The third-order valence-corrected chi connectivity index (χ3v) is 7.68. The Morgan fingerprint density at radius 3 is 2.32 bits per heavy atom. The molecule has 7 nitrogen and oxygen atoms in total. The minimum absolute atomic E-state index is 0.113. The maximum Gasteiger partial charge on any atom is 0.251 e. The molecule has 38 heavy (non-hydrogen) atoms. The number of para-hydroxylation sites is 1. The van der Waals surface area contributed by atoms with Crippen LogP contribution in [0.2, 0.25) is 10.2 Å². The Kier molecular flexibility index (Phi) is 8.63. The van der Waals surface area contributed by atoms with Gasteiger partial charge in [-0.1, -0.05) is 59.2 Å². The van der Waals surface area contributed by atoms with Gasteiger partial charge in [-0.2, -0.15) is 0 Å². The summed E-state index contributed by atoms with van der Waals surface area (Å²) >= 11 is 14.3. The number of anilines is 2. The summed E-state index contributed by atoms with van der Waals surface area (Å²) in [6.07, 6.45) is 3.42. The zero-order valence-electron chi connectivity index (χ0n) is 20.6. The number of carbonyl (C=O) groups is 1. The number of nitrogens with zero attached hydrogens (tertiary/aromatic N) is 5. The van der Waals surface area contributed by atoms with E-state index in [1.54, 1.807) is 12.4 Å². The number of hydrogen-bond donors (Lipinski definition) is 1. The zero-order chi connectivity index (χ0) is 26.3. The molecule has 1 aliphatic heterocycles. The third-order valence-electron chi connectivity index (χ3n) is 6.24. The SMILES string of the molecule is O=C(NCc1ccncc1)c1ccc(CSc2nc(Cl)cc(N3CCN(c4ccccc4Cl)CC3)n2)cc1. The fourth-order valence-corrected chi connectivity index (χ4v) is 5.47. The number of rotatable bonds is 8. The van der Waals surface area contributed by atoms with Gasteiger partial charge in [-0.3, -0.25) is 9.78 Å². The summed E-state index contributed by atoms with van der Waals surface area (Å²) in [6.45, 7) is 3.77. The highest BCUT2D eigenvalue weighted by Gasteiger charge is 2.21. The average Bonchev–Trinajstić information content (AvgIpc) is 2.96. The smallest absolute Gasteiger partial charge is 0.251 e. The Bertz CT molecular complexity index is 1380. The first-order valence-corrected chi connectivity index (χ1v) is 14.0. The van der Waals surface area contributed by atoms with Crippen LogP contribution in [0.5, 0.6) is 0 Å². The fraction of sp³-hybridized carbons (Fsp3) is 0.214. The van der Waals surface area contributed by atoms with Crippen molar-refractivity contribution < 1.29 is 4.79 Å². The second kappa shape index (κ2) is 12.5. The molecule has 1 amide bonds. The molecule has 0 spiro atoms. The molecule has 1 N–H and O–H groups in total. The molecule has 1 fully saturated rings. The van der Waals surface area contributed by atoms with E-state index < -0.39 is 0 Å². The zero-order valence-corrected chi connectivity index (χ0v) is 22.9. The number of pyridine rings is 1. The largest absolute Gasteiger partial charge is 0.367 e. The summed E-state index contributed by atoms with van der Waals surface area (Å²) in [5.41, 5.74) is 3.75. The van der Waals surface area contributed by atoms with Crippen LogP contribution in [0.3, 0.4) is 0 Å². The van der Waals surface area contributed by atoms with Crippen molar-refractivity contribution in [3.8, 4) is 0 Å². The molecule has 1 aliphatic rings. The number of piperazine rings is 1. The van der Waals surface area contributed by atoms with Crippen LogP contribution in [0.25, 0.3) is 0 Å². The highest BCUT2D eigenvalue weighted by atomic mass is 35.5. The van der Waals surface area contributed by atoms with Gasteiger partial charge in [0.05, 0.1) is 10.7 Å². The van der Waals surface area contributed by atoms with E-state index in [2.05, 4.69) is 31.2 Å². The minimum Gasteiger partial charge on any atom is -0.367 e. The molecule has 2 aromatic carbocycles. The van der Waals surface area contributed by atoms with Crippen molar-refractivity contribution in [2.75, 3.05) is 36.0 Å². The summed E-state index contributed by atoms with van der Waals surface area (Å²) in [5, 5.41) is 4.75. The quantitative estimate of drug-likeness (QED) is 0.166. The van der Waals surface area contributed by atoms with Gasteiger partial charge < -0.3 is 15.1 Å². The van der Waals surface area contributed by atoms with Crippen molar-refractivity contribution in [1.82, 2.24) is 20.3 Å². The molecule has 0 atom stereocenters. The molecule has 0 radical (unpaired) electrons. The van der Waals surface area contributed by atoms with Crippen molar-refractivity contribution in [1.29, 1.82) is 0 Å². The number of amides is 1. The Morgan fingerprint density at radius 2 is 1.58 bits per heavy atom. The van der Waals surface area contributed by atoms with Crippen molar-refractivity contribution in [3.63, 3.8) is 0 Å². The van der Waals surface area contributed by atoms with Crippen LogP contribution in [0.15, 0.2) is 84.3 Å². The number of carbonyl (C=O) groups excluding carboxylic acids is 1. The Balaban J connectivity index is 1.15. The topological polar surface area (TPSA) is 74.2 Å². The van der Waals surface area contributed by atoms with Crippen LogP contribution < -0.4 is 15.1 Å². The predicted molar refractivity (Wildman–Crippen MR) is 154 cm³/mol. The fourth-order valence-electron chi connectivity index (χ4n) is 4.18. The van der Waals surface area contributed by atoms with Crippen molar-refractivity contribution in [2.24, 2.45) is 0 Å². The maximum absolute atomic E-state index is 12.5. The number of benzene rings is 2. The molecule has 0 aliphatic carbocycles. The lowest BCUT2D eigenvalue weighted by atomic mass is 10.1. The van der Waals surface area contributed by atoms with E-state index in [4.69, 9.17) is 28.2 Å². The van der Waals surface area contributed by atoms with Gasteiger partial charge in [0.15, 0.2) is 5.16 Å². The Morgan fingerprint density at radius 1 is 0.868 bits per heavy atom. The van der Waals surface area contributed by atoms with Gasteiger partial charge in [0.2, 0.25) is 0 Å². The molecular weight excluding hydrogens is 539 g/mol. The minimum atomic E-state index is -0.113. The van der Waals surface area contributed by atoms with E-state index in [1.807, 2.05) is 60.7 Å². The first-order valence-electron chi connectivity index (χ1n) is 12.2. The van der Waals surface area contributed by atoms with Crippen molar-refractivity contribution in [3.05, 3.63) is 106 Å². The first-order chi connectivity index (χ1) is 18.5. The molecule has 10 heteroatoms. The second-order valence-electron chi connectivity index (χ2n) is 8.78. The van der Waals surface area contributed by atoms with Crippen LogP contribution in [0.1, 0.15) is 21.5 Å². The predicted octanol–water partition coefficient (Wildman–Crippen LogP) is 5.73. The number of hydrogen-bond acceptors (Lipinski definition) is 7. The first kappa shape index (κ1) is 26.3. The normalized spacial score (nSPS) is 13.4. The Labute approximate surface area is 236 Å². The average molecular weight is 566 g/mol. The van der Waals surface area contributed by atoms with E-state index >= 15 is 0 Å². The molecule has 0 bridgehead atoms. The highest BCUT2D eigenvalue weighted by Crippen LogP contribution is 2.29. The molecule has 3 heterocycles. The number of thioether (sulfide) groups is 1. The summed E-state index contributed by atoms with van der Waals surface area (Å²) in [6, 6.07) is 21.1. The van der Waals surface area contributed by atoms with Crippen LogP contribution in [-0.4, -0.2) is 47.0 Å². The Hall–Kier alpha value is -3.33. The van der Waals surface area contributed by atoms with Gasteiger partial charge >= 0.3 is 0 Å². The standard InChI is InChI=1S/C28H26Cl2N6OS/c29-23-3-1-2-4-24(23)35-13-15-36(16-14-35)26-17-25(30)33-28(34-26)38-19-21-5-7-22(8-6-21)27(37)32-18-20-9-11-31-12-10-20/h1-12,17H,13-16,18-19H2,(H,32,37). The van der Waals surface area contributed by atoms with Gasteiger partial charge in [0.1, 0.15) is 11.0 Å². The lowest BCUT2D eigenvalue weighted by Gasteiger charge is -2.37. The van der Waals surface area contributed by atoms with E-state index in [0.717, 1.165) is 53.8 Å². The lowest BCUT2D eigenvalue weighted by Crippen LogP contribution is -2.47. The van der Waals surface area contributed by atoms with E-state index in [9.17, 15) is 4.79 Å². The van der Waals surface area contributed by atoms with Gasteiger partial charge in [-0.15, -0.1) is 0 Å². The number of nitrogens with one attached hydrogen (secondary N) is 1. The van der Waals surface area contributed by atoms with Crippen molar-refractivity contribution >= 4 is 52.4 Å². The van der Waals surface area contributed by atoms with E-state index in [0.29, 0.717) is 28.2 Å². The van der Waals surface area contributed by atoms with Gasteiger partial charge in [0.25, 0.3) is 5.91 Å². The van der Waals surface area contributed by atoms with Crippen LogP contribution in [0.4, 0.5) is 11.5 Å². The van der Waals surface area contributed by atoms with Gasteiger partial charge in [0, 0.05) is 62.5 Å². The molecule has 4 aromatic rings. The van der Waals surface area contributed by atoms with Crippen molar-refractivity contribution in [2.45, 2.75) is 17.5 Å². The lowest BCUT2D eigenvalue weighted by molar-refractivity contribution is 0.0951. The van der Waals surface area contributed by atoms with Crippen LogP contribution in [0, 0.1) is 0 Å². The maximum atomic E-state index is 12.5. The number of aromatic nitrogens is 3. The third kappa shape index (κ3) is 6.75. The summed E-state index contributed by atoms with van der Waals surface area (Å²) in [5.74, 6) is 1.38. The summed E-state index contributed by atoms with van der Waals surface area (Å²) < 4.78 is 0. The molecule has 5 rings (SSSR count). The van der Waals surface area contributed by atoms with Crippen LogP contribution in [-0.2, 0) is 12.3 Å². The molecular formula is C28H26Cl2N6OS. The molecule has 2 aromatic heterocycles. The molecule has 1 saturated heterocycles.